The van der Waals surface area contributed by atoms with Crippen LogP contribution in [0.3, 0.4) is 0 Å². The van der Waals surface area contributed by atoms with Crippen molar-refractivity contribution in [3.63, 3.8) is 0 Å². The molecule has 19 heavy (non-hydrogen) atoms. The highest BCUT2D eigenvalue weighted by atomic mass is 16.5. The fourth-order valence-corrected chi connectivity index (χ4v) is 2.10. The van der Waals surface area contributed by atoms with Crippen molar-refractivity contribution in [2.75, 3.05) is 32.1 Å². The molecule has 2 heterocycles. The second kappa shape index (κ2) is 5.99. The highest BCUT2D eigenvalue weighted by Gasteiger charge is 2.32. The number of rotatable bonds is 4. The lowest BCUT2D eigenvalue weighted by atomic mass is 9.81. The van der Waals surface area contributed by atoms with Gasteiger partial charge in [0.05, 0.1) is 12.2 Å². The minimum atomic E-state index is -0.269. The van der Waals surface area contributed by atoms with Crippen LogP contribution in [-0.2, 0) is 4.74 Å². The van der Waals surface area contributed by atoms with Crippen LogP contribution in [0.2, 0.25) is 0 Å². The van der Waals surface area contributed by atoms with E-state index in [1.165, 1.54) is 6.20 Å². The van der Waals surface area contributed by atoms with Gasteiger partial charge in [-0.05, 0) is 25.0 Å². The summed E-state index contributed by atoms with van der Waals surface area (Å²) in [6.07, 6.45) is 2.95. The fourth-order valence-electron chi connectivity index (χ4n) is 2.10. The molecule has 0 atom stereocenters. The van der Waals surface area contributed by atoms with Crippen molar-refractivity contribution < 1.29 is 14.6 Å². The SMILES string of the molecule is Nc1ccc(C(=O)NCC2(CO)CCOCC2)cn1. The molecule has 1 aromatic heterocycles. The summed E-state index contributed by atoms with van der Waals surface area (Å²) in [5.74, 6) is 0.180. The van der Waals surface area contributed by atoms with Gasteiger partial charge in [-0.1, -0.05) is 0 Å². The van der Waals surface area contributed by atoms with Crippen LogP contribution in [0.15, 0.2) is 18.3 Å². The van der Waals surface area contributed by atoms with Gasteiger partial charge >= 0.3 is 0 Å². The molecular formula is C13H19N3O3. The Kier molecular flexibility index (Phi) is 4.34. The van der Waals surface area contributed by atoms with Crippen molar-refractivity contribution in [2.45, 2.75) is 12.8 Å². The summed E-state index contributed by atoms with van der Waals surface area (Å²) in [6, 6.07) is 3.22. The third-order valence-corrected chi connectivity index (χ3v) is 3.56. The average Bonchev–Trinajstić information content (AvgIpc) is 2.46. The fraction of sp³-hybridized carbons (Fsp3) is 0.538. The molecule has 0 aliphatic carbocycles. The monoisotopic (exact) mass is 265 g/mol. The Morgan fingerprint density at radius 2 is 2.21 bits per heavy atom. The molecule has 0 spiro atoms. The summed E-state index contributed by atoms with van der Waals surface area (Å²) in [7, 11) is 0. The number of amides is 1. The molecule has 1 amide bonds. The number of ether oxygens (including phenoxy) is 1. The highest BCUT2D eigenvalue weighted by Crippen LogP contribution is 2.29. The van der Waals surface area contributed by atoms with Gasteiger partial charge in [0.1, 0.15) is 5.82 Å². The molecule has 6 nitrogen and oxygen atoms in total. The summed E-state index contributed by atoms with van der Waals surface area (Å²) in [5, 5.41) is 12.4. The standard InChI is InChI=1S/C13H19N3O3/c14-11-2-1-10(7-15-11)12(18)16-8-13(9-17)3-5-19-6-4-13/h1-2,7,17H,3-6,8-9H2,(H2,14,15)(H,16,18). The summed E-state index contributed by atoms with van der Waals surface area (Å²) in [6.45, 7) is 1.74. The van der Waals surface area contributed by atoms with E-state index in [4.69, 9.17) is 10.5 Å². The van der Waals surface area contributed by atoms with Gasteiger partial charge in [0.15, 0.2) is 0 Å². The Labute approximate surface area is 112 Å². The van der Waals surface area contributed by atoms with Crippen LogP contribution in [0.5, 0.6) is 0 Å². The number of carbonyl (C=O) groups excluding carboxylic acids is 1. The molecule has 104 valence electrons. The molecule has 2 rings (SSSR count). The normalized spacial score (nSPS) is 17.9. The number of hydrogen-bond donors (Lipinski definition) is 3. The van der Waals surface area contributed by atoms with Crippen molar-refractivity contribution in [3.8, 4) is 0 Å². The van der Waals surface area contributed by atoms with E-state index in [-0.39, 0.29) is 17.9 Å². The van der Waals surface area contributed by atoms with Crippen LogP contribution in [0.1, 0.15) is 23.2 Å². The number of carbonyl (C=O) groups is 1. The first kappa shape index (κ1) is 13.8. The van der Waals surface area contributed by atoms with Crippen molar-refractivity contribution in [3.05, 3.63) is 23.9 Å². The second-order valence-corrected chi connectivity index (χ2v) is 4.92. The number of aromatic nitrogens is 1. The van der Waals surface area contributed by atoms with Crippen LogP contribution in [0, 0.1) is 5.41 Å². The molecular weight excluding hydrogens is 246 g/mol. The number of aliphatic hydroxyl groups is 1. The van der Waals surface area contributed by atoms with E-state index in [2.05, 4.69) is 10.3 Å². The number of nitrogens with zero attached hydrogens (tertiary/aromatic N) is 1. The second-order valence-electron chi connectivity index (χ2n) is 4.92. The van der Waals surface area contributed by atoms with Gasteiger partial charge in [-0.15, -0.1) is 0 Å². The zero-order chi connectivity index (χ0) is 13.7. The topological polar surface area (TPSA) is 97.5 Å². The van der Waals surface area contributed by atoms with Gasteiger partial charge in [-0.25, -0.2) is 4.98 Å². The summed E-state index contributed by atoms with van der Waals surface area (Å²) in [4.78, 5) is 15.8. The lowest BCUT2D eigenvalue weighted by Crippen LogP contribution is -2.43. The van der Waals surface area contributed by atoms with E-state index in [1.807, 2.05) is 0 Å². The largest absolute Gasteiger partial charge is 0.396 e. The van der Waals surface area contributed by atoms with Crippen LogP contribution < -0.4 is 11.1 Å². The first-order valence-electron chi connectivity index (χ1n) is 6.34. The Morgan fingerprint density at radius 1 is 1.47 bits per heavy atom. The number of nitrogen functional groups attached to an aromatic ring is 1. The zero-order valence-corrected chi connectivity index (χ0v) is 10.8. The first-order valence-corrected chi connectivity index (χ1v) is 6.34. The van der Waals surface area contributed by atoms with Gasteiger partial charge < -0.3 is 20.9 Å². The summed E-state index contributed by atoms with van der Waals surface area (Å²) < 4.78 is 5.28. The van der Waals surface area contributed by atoms with Crippen LogP contribution in [-0.4, -0.2) is 42.4 Å². The maximum absolute atomic E-state index is 12.0. The molecule has 0 radical (unpaired) electrons. The molecule has 1 fully saturated rings. The lowest BCUT2D eigenvalue weighted by Gasteiger charge is -2.35. The van der Waals surface area contributed by atoms with E-state index in [0.717, 1.165) is 12.8 Å². The molecule has 0 unspecified atom stereocenters. The summed E-state index contributed by atoms with van der Waals surface area (Å²) >= 11 is 0. The number of aliphatic hydroxyl groups excluding tert-OH is 1. The van der Waals surface area contributed by atoms with Crippen molar-refractivity contribution >= 4 is 11.7 Å². The summed E-state index contributed by atoms with van der Waals surface area (Å²) in [5.41, 5.74) is 5.67. The number of anilines is 1. The number of pyridine rings is 1. The third-order valence-electron chi connectivity index (χ3n) is 3.56. The van der Waals surface area contributed by atoms with Crippen LogP contribution >= 0.6 is 0 Å². The number of hydrogen-bond acceptors (Lipinski definition) is 5. The zero-order valence-electron chi connectivity index (χ0n) is 10.8. The van der Waals surface area contributed by atoms with Gasteiger partial charge in [0.25, 0.3) is 5.91 Å². The molecule has 0 saturated carbocycles. The van der Waals surface area contributed by atoms with Crippen LogP contribution in [0.25, 0.3) is 0 Å². The van der Waals surface area contributed by atoms with Crippen LogP contribution in [0.4, 0.5) is 5.82 Å². The van der Waals surface area contributed by atoms with E-state index in [9.17, 15) is 9.90 Å². The number of nitrogens with one attached hydrogen (secondary N) is 1. The molecule has 1 aliphatic rings. The maximum Gasteiger partial charge on any atom is 0.252 e. The van der Waals surface area contributed by atoms with Gasteiger partial charge in [-0.2, -0.15) is 0 Å². The molecule has 4 N–H and O–H groups in total. The average molecular weight is 265 g/mol. The molecule has 6 heteroatoms. The smallest absolute Gasteiger partial charge is 0.252 e. The van der Waals surface area contributed by atoms with E-state index in [0.29, 0.717) is 31.1 Å². The van der Waals surface area contributed by atoms with Crippen molar-refractivity contribution in [1.29, 1.82) is 0 Å². The molecule has 0 aromatic carbocycles. The minimum absolute atomic E-state index is 0.0522. The van der Waals surface area contributed by atoms with E-state index < -0.39 is 0 Å². The lowest BCUT2D eigenvalue weighted by molar-refractivity contribution is -0.0146. The Morgan fingerprint density at radius 3 is 2.79 bits per heavy atom. The maximum atomic E-state index is 12.0. The van der Waals surface area contributed by atoms with E-state index in [1.54, 1.807) is 12.1 Å². The predicted molar refractivity (Wildman–Crippen MR) is 70.6 cm³/mol. The first-order chi connectivity index (χ1) is 9.15. The van der Waals surface area contributed by atoms with E-state index >= 15 is 0 Å². The minimum Gasteiger partial charge on any atom is -0.396 e. The number of nitrogens with two attached hydrogens (primary N) is 1. The van der Waals surface area contributed by atoms with Gasteiger partial charge in [-0.3, -0.25) is 4.79 Å². The molecule has 1 aliphatic heterocycles. The van der Waals surface area contributed by atoms with Gasteiger partial charge in [0.2, 0.25) is 0 Å². The highest BCUT2D eigenvalue weighted by molar-refractivity contribution is 5.94. The Hall–Kier alpha value is -1.66. The predicted octanol–water partition coefficient (Wildman–Crippen LogP) is 0.183. The molecule has 0 bridgehead atoms. The van der Waals surface area contributed by atoms with Crippen molar-refractivity contribution in [1.82, 2.24) is 10.3 Å². The van der Waals surface area contributed by atoms with Gasteiger partial charge in [0, 0.05) is 31.4 Å². The Balaban J connectivity index is 1.93. The quantitative estimate of drug-likeness (QED) is 0.721. The van der Waals surface area contributed by atoms with Crippen molar-refractivity contribution in [2.24, 2.45) is 5.41 Å². The molecule has 1 saturated heterocycles. The third kappa shape index (κ3) is 3.42. The molecule has 1 aromatic rings. The Bertz CT molecular complexity index is 427.